The number of nitrogens with zero attached hydrogens (tertiary/aromatic N) is 3. The summed E-state index contributed by atoms with van der Waals surface area (Å²) in [6.07, 6.45) is 1.85. The van der Waals surface area contributed by atoms with Gasteiger partial charge in [0.2, 0.25) is 0 Å². The van der Waals surface area contributed by atoms with Gasteiger partial charge in [0.05, 0.1) is 17.8 Å². The van der Waals surface area contributed by atoms with Crippen molar-refractivity contribution in [2.24, 2.45) is 5.92 Å². The van der Waals surface area contributed by atoms with E-state index in [0.29, 0.717) is 5.92 Å². The van der Waals surface area contributed by atoms with E-state index in [4.69, 9.17) is 23.8 Å². The number of aromatic nitrogens is 2. The van der Waals surface area contributed by atoms with E-state index in [1.165, 1.54) is 17.0 Å². The first-order valence-corrected chi connectivity index (χ1v) is 11.5. The molecule has 4 nitrogen and oxygen atoms in total. The second-order valence-corrected chi connectivity index (χ2v) is 9.51. The number of rotatable bonds is 5. The average Bonchev–Trinajstić information content (AvgIpc) is 3.20. The smallest absolute Gasteiger partial charge is 0.170 e. The van der Waals surface area contributed by atoms with Gasteiger partial charge in [0.15, 0.2) is 5.11 Å². The van der Waals surface area contributed by atoms with Crippen molar-refractivity contribution in [3.05, 3.63) is 81.9 Å². The molecule has 3 aromatic rings. The first-order valence-electron chi connectivity index (χ1n) is 10.7. The molecule has 0 amide bonds. The maximum atomic E-state index is 6.45. The molecule has 1 N–H and O–H groups in total. The molecule has 1 aliphatic heterocycles. The third-order valence-corrected chi connectivity index (χ3v) is 6.79. The lowest BCUT2D eigenvalue weighted by atomic mass is 9.96. The van der Waals surface area contributed by atoms with Crippen LogP contribution >= 0.6 is 23.8 Å². The molecule has 1 aromatic carbocycles. The van der Waals surface area contributed by atoms with E-state index in [1.807, 2.05) is 30.5 Å². The van der Waals surface area contributed by atoms with Crippen LogP contribution in [-0.4, -0.2) is 26.1 Å². The van der Waals surface area contributed by atoms with E-state index in [1.54, 1.807) is 0 Å². The fourth-order valence-electron chi connectivity index (χ4n) is 4.63. The van der Waals surface area contributed by atoms with Crippen molar-refractivity contribution < 1.29 is 0 Å². The van der Waals surface area contributed by atoms with E-state index < -0.39 is 0 Å². The molecular formula is C25H29ClN4S. The standard InChI is InChI=1S/C25H29ClN4S/c1-15(2)14-29-24(23(28-25(29)31)21-10-6-7-12-27-21)19-13-16(3)30(18(19)5)22-11-8-9-20(26)17(22)4/h6-13,15,23-24H,14H2,1-5H3,(H,28,31)/t23-,24+/m0/s1. The van der Waals surface area contributed by atoms with Gasteiger partial charge < -0.3 is 14.8 Å². The summed E-state index contributed by atoms with van der Waals surface area (Å²) in [6.45, 7) is 11.8. The minimum absolute atomic E-state index is 0.00172. The average molecular weight is 453 g/mol. The molecule has 31 heavy (non-hydrogen) atoms. The summed E-state index contributed by atoms with van der Waals surface area (Å²) in [5.41, 5.74) is 6.85. The third-order valence-electron chi connectivity index (χ3n) is 6.03. The van der Waals surface area contributed by atoms with Crippen LogP contribution < -0.4 is 5.32 Å². The Labute approximate surface area is 195 Å². The number of hydrogen-bond acceptors (Lipinski definition) is 2. The van der Waals surface area contributed by atoms with Gasteiger partial charge in [0, 0.05) is 34.8 Å². The molecule has 0 bridgehead atoms. The molecule has 0 spiro atoms. The van der Waals surface area contributed by atoms with Crippen molar-refractivity contribution in [3.63, 3.8) is 0 Å². The molecular weight excluding hydrogens is 424 g/mol. The summed E-state index contributed by atoms with van der Waals surface area (Å²) in [5, 5.41) is 5.13. The molecule has 162 valence electrons. The van der Waals surface area contributed by atoms with Crippen LogP contribution in [0.4, 0.5) is 0 Å². The Morgan fingerprint density at radius 2 is 1.90 bits per heavy atom. The molecule has 4 rings (SSSR count). The van der Waals surface area contributed by atoms with Crippen molar-refractivity contribution in [1.29, 1.82) is 0 Å². The first kappa shape index (κ1) is 21.8. The van der Waals surface area contributed by atoms with E-state index in [-0.39, 0.29) is 12.1 Å². The Hall–Kier alpha value is -2.37. The van der Waals surface area contributed by atoms with Gasteiger partial charge in [-0.25, -0.2) is 0 Å². The Morgan fingerprint density at radius 1 is 1.13 bits per heavy atom. The largest absolute Gasteiger partial charge is 0.352 e. The van der Waals surface area contributed by atoms with Crippen molar-refractivity contribution in [2.75, 3.05) is 6.54 Å². The van der Waals surface area contributed by atoms with Crippen molar-refractivity contribution in [2.45, 2.75) is 46.7 Å². The number of pyridine rings is 1. The van der Waals surface area contributed by atoms with Gasteiger partial charge in [-0.15, -0.1) is 0 Å². The maximum absolute atomic E-state index is 6.45. The van der Waals surface area contributed by atoms with Gasteiger partial charge in [-0.1, -0.05) is 37.6 Å². The van der Waals surface area contributed by atoms with Gasteiger partial charge in [-0.2, -0.15) is 0 Å². The highest BCUT2D eigenvalue weighted by Gasteiger charge is 2.41. The summed E-state index contributed by atoms with van der Waals surface area (Å²) in [6, 6.07) is 14.5. The van der Waals surface area contributed by atoms with Crippen LogP contribution in [0.3, 0.4) is 0 Å². The molecule has 1 aliphatic rings. The zero-order valence-electron chi connectivity index (χ0n) is 18.7. The number of halogens is 1. The highest BCUT2D eigenvalue weighted by Crippen LogP contribution is 2.42. The zero-order valence-corrected chi connectivity index (χ0v) is 20.3. The van der Waals surface area contributed by atoms with E-state index >= 15 is 0 Å². The fraction of sp³-hybridized carbons (Fsp3) is 0.360. The van der Waals surface area contributed by atoms with Gasteiger partial charge in [-0.05, 0) is 80.4 Å². The Bertz CT molecular complexity index is 1110. The molecule has 2 atom stereocenters. The summed E-state index contributed by atoms with van der Waals surface area (Å²) in [7, 11) is 0. The topological polar surface area (TPSA) is 33.1 Å². The van der Waals surface area contributed by atoms with Crippen LogP contribution in [0.25, 0.3) is 5.69 Å². The number of nitrogens with one attached hydrogen (secondary N) is 1. The molecule has 6 heteroatoms. The normalized spacial score (nSPS) is 18.7. The van der Waals surface area contributed by atoms with Crippen LogP contribution in [-0.2, 0) is 0 Å². The molecule has 0 unspecified atom stereocenters. The van der Waals surface area contributed by atoms with Gasteiger partial charge in [0.25, 0.3) is 0 Å². The molecule has 3 heterocycles. The predicted molar refractivity (Wildman–Crippen MR) is 132 cm³/mol. The van der Waals surface area contributed by atoms with E-state index in [0.717, 1.165) is 33.6 Å². The lowest BCUT2D eigenvalue weighted by molar-refractivity contribution is 0.287. The van der Waals surface area contributed by atoms with Gasteiger partial charge in [-0.3, -0.25) is 4.98 Å². The van der Waals surface area contributed by atoms with Crippen LogP contribution in [0.15, 0.2) is 48.7 Å². The molecule has 0 aliphatic carbocycles. The molecule has 2 aromatic heterocycles. The Morgan fingerprint density at radius 3 is 2.58 bits per heavy atom. The quantitative estimate of drug-likeness (QED) is 0.475. The summed E-state index contributed by atoms with van der Waals surface area (Å²) < 4.78 is 2.31. The molecule has 0 saturated carbocycles. The molecule has 1 fully saturated rings. The Kier molecular flexibility index (Phi) is 6.09. The maximum Gasteiger partial charge on any atom is 0.170 e. The minimum Gasteiger partial charge on any atom is -0.352 e. The predicted octanol–water partition coefficient (Wildman–Crippen LogP) is 6.08. The van der Waals surface area contributed by atoms with Crippen LogP contribution in [0.5, 0.6) is 0 Å². The van der Waals surface area contributed by atoms with Crippen molar-refractivity contribution in [3.8, 4) is 5.69 Å². The number of hydrogen-bond donors (Lipinski definition) is 1. The number of aryl methyl sites for hydroxylation is 1. The van der Waals surface area contributed by atoms with Crippen LogP contribution in [0.1, 0.15) is 54.1 Å². The monoisotopic (exact) mass is 452 g/mol. The fourth-order valence-corrected chi connectivity index (χ4v) is 5.11. The van der Waals surface area contributed by atoms with Crippen LogP contribution in [0, 0.1) is 26.7 Å². The molecule has 1 saturated heterocycles. The second kappa shape index (κ2) is 8.64. The van der Waals surface area contributed by atoms with Crippen molar-refractivity contribution >= 4 is 28.9 Å². The highest BCUT2D eigenvalue weighted by atomic mass is 35.5. The second-order valence-electron chi connectivity index (χ2n) is 8.72. The SMILES string of the molecule is Cc1c(Cl)cccc1-n1c(C)cc([C@@H]2[C@H](c3ccccn3)NC(=S)N2CC(C)C)c1C. The summed E-state index contributed by atoms with van der Waals surface area (Å²) in [5.74, 6) is 0.489. The zero-order chi connectivity index (χ0) is 22.3. The number of benzene rings is 1. The minimum atomic E-state index is 0.00172. The van der Waals surface area contributed by atoms with Gasteiger partial charge >= 0.3 is 0 Å². The van der Waals surface area contributed by atoms with Crippen LogP contribution in [0.2, 0.25) is 5.02 Å². The summed E-state index contributed by atoms with van der Waals surface area (Å²) >= 11 is 12.2. The van der Waals surface area contributed by atoms with Gasteiger partial charge in [0.1, 0.15) is 0 Å². The number of thiocarbonyl (C=S) groups is 1. The molecule has 0 radical (unpaired) electrons. The van der Waals surface area contributed by atoms with E-state index in [2.05, 4.69) is 72.6 Å². The van der Waals surface area contributed by atoms with Crippen molar-refractivity contribution in [1.82, 2.24) is 19.8 Å². The lowest BCUT2D eigenvalue weighted by Gasteiger charge is -2.29. The highest BCUT2D eigenvalue weighted by molar-refractivity contribution is 7.80. The Balaban J connectivity index is 1.86. The third kappa shape index (κ3) is 3.97. The lowest BCUT2D eigenvalue weighted by Crippen LogP contribution is -2.33. The first-order chi connectivity index (χ1) is 14.8. The van der Waals surface area contributed by atoms with E-state index in [9.17, 15) is 0 Å². The summed E-state index contributed by atoms with van der Waals surface area (Å²) in [4.78, 5) is 6.98.